The number of urea groups is 1. The largest absolute Gasteiger partial charge is 0.337 e. The molecule has 0 aromatic carbocycles. The highest BCUT2D eigenvalue weighted by molar-refractivity contribution is 7.99. The van der Waals surface area contributed by atoms with Gasteiger partial charge in [0.25, 0.3) is 0 Å². The van der Waals surface area contributed by atoms with Gasteiger partial charge in [0, 0.05) is 31.3 Å². The summed E-state index contributed by atoms with van der Waals surface area (Å²) in [4.78, 5) is 27.3. The highest BCUT2D eigenvalue weighted by Gasteiger charge is 2.29. The van der Waals surface area contributed by atoms with Crippen LogP contribution in [0.1, 0.15) is 22.5 Å². The molecule has 0 radical (unpaired) electrons. The first kappa shape index (κ1) is 17.0. The second-order valence-corrected chi connectivity index (χ2v) is 7.58. The van der Waals surface area contributed by atoms with Crippen LogP contribution in [-0.2, 0) is 0 Å². The molecule has 2 aromatic heterocycles. The molecular formula is C15H19N5O2S2. The van der Waals surface area contributed by atoms with Crippen LogP contribution in [0.5, 0.6) is 0 Å². The molecule has 1 saturated heterocycles. The molecule has 1 aliphatic rings. The molecule has 0 spiro atoms. The molecule has 128 valence electrons. The molecule has 7 nitrogen and oxygen atoms in total. The monoisotopic (exact) mass is 365 g/mol. The van der Waals surface area contributed by atoms with E-state index in [2.05, 4.69) is 20.7 Å². The number of nitrogens with one attached hydrogen (secondary N) is 2. The fraction of sp³-hybridized carbons (Fsp3) is 0.467. The Morgan fingerprint density at radius 2 is 2.42 bits per heavy atom. The fourth-order valence-corrected chi connectivity index (χ4v) is 4.07. The lowest BCUT2D eigenvalue weighted by atomic mass is 9.93. The van der Waals surface area contributed by atoms with Crippen molar-refractivity contribution in [3.05, 3.63) is 28.6 Å². The Morgan fingerprint density at radius 1 is 1.50 bits per heavy atom. The van der Waals surface area contributed by atoms with Gasteiger partial charge < -0.3 is 10.2 Å². The van der Waals surface area contributed by atoms with Crippen molar-refractivity contribution >= 4 is 34.9 Å². The molecule has 0 aliphatic carbocycles. The fourth-order valence-electron chi connectivity index (χ4n) is 2.68. The molecule has 9 heteroatoms. The Kier molecular flexibility index (Phi) is 5.86. The Balaban J connectivity index is 1.43. The van der Waals surface area contributed by atoms with Crippen molar-refractivity contribution in [2.75, 3.05) is 25.4 Å². The number of H-pyrrole nitrogens is 1. The average Bonchev–Trinajstić information content (AvgIpc) is 3.31. The van der Waals surface area contributed by atoms with Gasteiger partial charge in [0.15, 0.2) is 5.78 Å². The van der Waals surface area contributed by atoms with Crippen LogP contribution in [0.15, 0.2) is 28.7 Å². The Morgan fingerprint density at radius 3 is 3.17 bits per heavy atom. The van der Waals surface area contributed by atoms with E-state index in [0.29, 0.717) is 19.6 Å². The lowest BCUT2D eigenvalue weighted by molar-refractivity contribution is 0.0850. The summed E-state index contributed by atoms with van der Waals surface area (Å²) in [5, 5.41) is 15.9. The van der Waals surface area contributed by atoms with Gasteiger partial charge in [-0.25, -0.2) is 4.79 Å². The predicted molar refractivity (Wildman–Crippen MR) is 93.5 cm³/mol. The van der Waals surface area contributed by atoms with Crippen LogP contribution in [0.3, 0.4) is 0 Å². The second-order valence-electron chi connectivity index (χ2n) is 5.52. The molecule has 2 N–H and O–H groups in total. The number of thioether (sulfide) groups is 1. The van der Waals surface area contributed by atoms with Gasteiger partial charge in [-0.2, -0.15) is 10.3 Å². The summed E-state index contributed by atoms with van der Waals surface area (Å²) in [6.07, 6.45) is 3.36. The van der Waals surface area contributed by atoms with E-state index in [-0.39, 0.29) is 17.7 Å². The first-order valence-electron chi connectivity index (χ1n) is 7.83. The number of aromatic nitrogens is 3. The molecule has 2 aromatic rings. The van der Waals surface area contributed by atoms with Crippen LogP contribution in [0, 0.1) is 5.92 Å². The number of carbonyl (C=O) groups is 2. The highest BCUT2D eigenvalue weighted by Crippen LogP contribution is 2.23. The second kappa shape index (κ2) is 8.29. The van der Waals surface area contributed by atoms with E-state index >= 15 is 0 Å². The number of Topliss-reactive ketones (excluding diaryl/α,β-unsaturated/α-hetero) is 1. The maximum absolute atomic E-state index is 12.5. The third kappa shape index (κ3) is 4.35. The summed E-state index contributed by atoms with van der Waals surface area (Å²) >= 11 is 2.99. The maximum Gasteiger partial charge on any atom is 0.317 e. The molecule has 0 saturated carbocycles. The minimum Gasteiger partial charge on any atom is -0.337 e. The summed E-state index contributed by atoms with van der Waals surface area (Å²) in [5.41, 5.74) is 0. The molecule has 0 unspecified atom stereocenters. The van der Waals surface area contributed by atoms with Crippen molar-refractivity contribution in [3.8, 4) is 0 Å². The molecule has 2 amide bonds. The highest BCUT2D eigenvalue weighted by atomic mass is 32.2. The molecular weight excluding hydrogens is 346 g/mol. The summed E-state index contributed by atoms with van der Waals surface area (Å²) in [5.74, 6) is 0.792. The summed E-state index contributed by atoms with van der Waals surface area (Å²) in [7, 11) is 0. The quantitative estimate of drug-likeness (QED) is 0.465. The summed E-state index contributed by atoms with van der Waals surface area (Å²) in [6, 6.07) is 3.64. The van der Waals surface area contributed by atoms with Gasteiger partial charge in [0.05, 0.1) is 11.1 Å². The van der Waals surface area contributed by atoms with Gasteiger partial charge in [0.1, 0.15) is 5.03 Å². The first-order chi connectivity index (χ1) is 11.7. The van der Waals surface area contributed by atoms with Crippen molar-refractivity contribution in [1.82, 2.24) is 25.6 Å². The smallest absolute Gasteiger partial charge is 0.317 e. The standard InChI is InChI=1S/C15H19N5O2S2/c21-14(12-4-2-7-23-12)11-3-1-6-20(10-11)15(22)16-5-8-24-13-9-17-19-18-13/h2,4,7,9,11H,1,3,5-6,8,10H2,(H,16,22)(H,17,18,19)/t11-/m1/s1. The van der Waals surface area contributed by atoms with Crippen molar-refractivity contribution in [2.24, 2.45) is 5.92 Å². The van der Waals surface area contributed by atoms with Gasteiger partial charge in [-0.15, -0.1) is 28.2 Å². The molecule has 3 heterocycles. The summed E-state index contributed by atoms with van der Waals surface area (Å²) < 4.78 is 0. The number of likely N-dealkylation sites (tertiary alicyclic amines) is 1. The van der Waals surface area contributed by atoms with Gasteiger partial charge >= 0.3 is 6.03 Å². The third-order valence-electron chi connectivity index (χ3n) is 3.86. The lowest BCUT2D eigenvalue weighted by Crippen LogP contribution is -2.47. The number of rotatable bonds is 6. The molecule has 1 aliphatic heterocycles. The van der Waals surface area contributed by atoms with Crippen LogP contribution in [0.4, 0.5) is 4.79 Å². The molecule has 24 heavy (non-hydrogen) atoms. The zero-order chi connectivity index (χ0) is 16.8. The van der Waals surface area contributed by atoms with E-state index in [4.69, 9.17) is 0 Å². The summed E-state index contributed by atoms with van der Waals surface area (Å²) in [6.45, 7) is 1.76. The van der Waals surface area contributed by atoms with Crippen molar-refractivity contribution in [3.63, 3.8) is 0 Å². The SMILES string of the molecule is O=C(c1cccs1)[C@@H]1CCCN(C(=O)NCCSc2cn[nH]n2)C1. The normalized spacial score (nSPS) is 17.7. The zero-order valence-electron chi connectivity index (χ0n) is 13.1. The molecule has 1 fully saturated rings. The number of piperidine rings is 1. The van der Waals surface area contributed by atoms with Crippen molar-refractivity contribution in [1.29, 1.82) is 0 Å². The van der Waals surface area contributed by atoms with Crippen molar-refractivity contribution < 1.29 is 9.59 Å². The number of hydrogen-bond acceptors (Lipinski definition) is 6. The van der Waals surface area contributed by atoms with Gasteiger partial charge in [-0.1, -0.05) is 6.07 Å². The molecule has 1 atom stereocenters. The lowest BCUT2D eigenvalue weighted by Gasteiger charge is -2.31. The van der Waals surface area contributed by atoms with Crippen LogP contribution < -0.4 is 5.32 Å². The van der Waals surface area contributed by atoms with Crippen LogP contribution in [0.25, 0.3) is 0 Å². The number of hydrogen-bond donors (Lipinski definition) is 2. The third-order valence-corrected chi connectivity index (χ3v) is 5.65. The van der Waals surface area contributed by atoms with Gasteiger partial charge in [0.2, 0.25) is 0 Å². The van der Waals surface area contributed by atoms with Crippen molar-refractivity contribution in [2.45, 2.75) is 17.9 Å². The Labute approximate surface area is 148 Å². The van der Waals surface area contributed by atoms with Gasteiger partial charge in [-0.05, 0) is 24.3 Å². The number of nitrogens with zero attached hydrogens (tertiary/aromatic N) is 3. The number of aromatic amines is 1. The minimum atomic E-state index is -0.0977. The topological polar surface area (TPSA) is 91.0 Å². The van der Waals surface area contributed by atoms with Gasteiger partial charge in [-0.3, -0.25) is 4.79 Å². The average molecular weight is 365 g/mol. The zero-order valence-corrected chi connectivity index (χ0v) is 14.7. The predicted octanol–water partition coefficient (Wildman–Crippen LogP) is 2.26. The number of carbonyl (C=O) groups excluding carboxylic acids is 2. The van der Waals surface area contributed by atoms with E-state index in [1.54, 1.807) is 11.1 Å². The molecule has 3 rings (SSSR count). The van der Waals surface area contributed by atoms with Crippen LogP contribution in [-0.4, -0.2) is 57.5 Å². The minimum absolute atomic E-state index is 0.0901. The first-order valence-corrected chi connectivity index (χ1v) is 9.69. The number of ketones is 1. The van der Waals surface area contributed by atoms with E-state index < -0.39 is 0 Å². The van der Waals surface area contributed by atoms with E-state index in [1.807, 2.05) is 17.5 Å². The van der Waals surface area contributed by atoms with Crippen LogP contribution >= 0.6 is 23.1 Å². The van der Waals surface area contributed by atoms with Crippen LogP contribution in [0.2, 0.25) is 0 Å². The number of amides is 2. The Hall–Kier alpha value is -1.87. The van der Waals surface area contributed by atoms with E-state index in [9.17, 15) is 9.59 Å². The number of thiophene rings is 1. The maximum atomic E-state index is 12.5. The van der Waals surface area contributed by atoms with E-state index in [1.165, 1.54) is 23.1 Å². The molecule has 0 bridgehead atoms. The van der Waals surface area contributed by atoms with E-state index in [0.717, 1.165) is 28.5 Å². The Bertz CT molecular complexity index is 659.